The average Bonchev–Trinajstić information content (AvgIpc) is 3.08. The summed E-state index contributed by atoms with van der Waals surface area (Å²) in [6.07, 6.45) is 0. The number of thiophene rings is 1. The standard InChI is InChI=1S/C16H22N2O4S2/c1-18(2)14(12-7-8-23-11-12)10-17-24(19,20)13-5-6-15(21-3)16(9-13)22-4/h5-9,11,14,17H,10H2,1-4H3/t14-/m1/s1. The summed E-state index contributed by atoms with van der Waals surface area (Å²) in [5.74, 6) is 0.864. The number of rotatable bonds is 8. The summed E-state index contributed by atoms with van der Waals surface area (Å²) < 4.78 is 38.1. The van der Waals surface area contributed by atoms with E-state index in [0.29, 0.717) is 11.5 Å². The van der Waals surface area contributed by atoms with E-state index in [1.807, 2.05) is 35.8 Å². The molecule has 0 radical (unpaired) electrons. The first-order valence-electron chi connectivity index (χ1n) is 7.29. The quantitative estimate of drug-likeness (QED) is 0.773. The highest BCUT2D eigenvalue weighted by Gasteiger charge is 2.21. The van der Waals surface area contributed by atoms with Crippen LogP contribution in [-0.2, 0) is 10.0 Å². The highest BCUT2D eigenvalue weighted by atomic mass is 32.2. The van der Waals surface area contributed by atoms with Gasteiger partial charge in [-0.25, -0.2) is 13.1 Å². The highest BCUT2D eigenvalue weighted by molar-refractivity contribution is 7.89. The fourth-order valence-corrected chi connectivity index (χ4v) is 4.08. The van der Waals surface area contributed by atoms with E-state index in [0.717, 1.165) is 5.56 Å². The van der Waals surface area contributed by atoms with Crippen molar-refractivity contribution in [1.82, 2.24) is 9.62 Å². The van der Waals surface area contributed by atoms with Crippen molar-refractivity contribution in [3.05, 3.63) is 40.6 Å². The van der Waals surface area contributed by atoms with Crippen molar-refractivity contribution < 1.29 is 17.9 Å². The van der Waals surface area contributed by atoms with Gasteiger partial charge in [-0.15, -0.1) is 0 Å². The van der Waals surface area contributed by atoms with Crippen molar-refractivity contribution in [2.45, 2.75) is 10.9 Å². The Kier molecular flexibility index (Phi) is 6.22. The summed E-state index contributed by atoms with van der Waals surface area (Å²) in [5.41, 5.74) is 1.08. The lowest BCUT2D eigenvalue weighted by Gasteiger charge is -2.24. The lowest BCUT2D eigenvalue weighted by Crippen LogP contribution is -2.34. The minimum Gasteiger partial charge on any atom is -0.493 e. The molecular weight excluding hydrogens is 348 g/mol. The van der Waals surface area contributed by atoms with Crippen LogP contribution in [0.5, 0.6) is 11.5 Å². The SMILES string of the molecule is COc1ccc(S(=O)(=O)NC[C@H](c2ccsc2)N(C)C)cc1OC. The van der Waals surface area contributed by atoms with Gasteiger partial charge in [0.15, 0.2) is 11.5 Å². The van der Waals surface area contributed by atoms with Crippen LogP contribution in [-0.4, -0.2) is 48.2 Å². The molecule has 1 heterocycles. The first-order chi connectivity index (χ1) is 11.4. The number of hydrogen-bond donors (Lipinski definition) is 1. The normalized spacial score (nSPS) is 13.0. The van der Waals surface area contributed by atoms with E-state index in [1.165, 1.54) is 26.4 Å². The zero-order chi connectivity index (χ0) is 17.7. The summed E-state index contributed by atoms with van der Waals surface area (Å²) in [6, 6.07) is 6.50. The minimum atomic E-state index is -3.65. The van der Waals surface area contributed by atoms with Crippen LogP contribution in [0.2, 0.25) is 0 Å². The van der Waals surface area contributed by atoms with Crippen LogP contribution in [0.3, 0.4) is 0 Å². The molecule has 0 saturated heterocycles. The summed E-state index contributed by atoms with van der Waals surface area (Å²) in [4.78, 5) is 2.13. The second-order valence-electron chi connectivity index (χ2n) is 5.40. The molecule has 0 unspecified atom stereocenters. The van der Waals surface area contributed by atoms with Gasteiger partial charge in [0, 0.05) is 18.7 Å². The Morgan fingerprint density at radius 3 is 2.42 bits per heavy atom. The number of nitrogens with one attached hydrogen (secondary N) is 1. The summed E-state index contributed by atoms with van der Waals surface area (Å²) in [5, 5.41) is 4.00. The van der Waals surface area contributed by atoms with Crippen LogP contribution in [0, 0.1) is 0 Å². The Bertz CT molecular complexity index is 758. The largest absolute Gasteiger partial charge is 0.493 e. The van der Waals surface area contributed by atoms with Gasteiger partial charge in [0.1, 0.15) is 0 Å². The third-order valence-corrected chi connectivity index (χ3v) is 5.81. The molecule has 8 heteroatoms. The average molecular weight is 370 g/mol. The predicted octanol–water partition coefficient (Wildman–Crippen LogP) is 2.35. The Morgan fingerprint density at radius 1 is 1.17 bits per heavy atom. The van der Waals surface area contributed by atoms with Gasteiger partial charge in [0.2, 0.25) is 10.0 Å². The number of hydrogen-bond acceptors (Lipinski definition) is 6. The lowest BCUT2D eigenvalue weighted by atomic mass is 10.1. The van der Waals surface area contributed by atoms with Gasteiger partial charge in [-0.3, -0.25) is 0 Å². The van der Waals surface area contributed by atoms with Gasteiger partial charge in [-0.05, 0) is 48.6 Å². The number of sulfonamides is 1. The second kappa shape index (κ2) is 7.98. The Labute approximate surface area is 147 Å². The van der Waals surface area contributed by atoms with E-state index < -0.39 is 10.0 Å². The molecule has 1 aromatic carbocycles. The monoisotopic (exact) mass is 370 g/mol. The minimum absolute atomic E-state index is 0.0360. The van der Waals surface area contributed by atoms with Crippen molar-refractivity contribution in [3.8, 4) is 11.5 Å². The molecule has 1 atom stereocenters. The molecule has 1 N–H and O–H groups in total. The van der Waals surface area contributed by atoms with Gasteiger partial charge < -0.3 is 14.4 Å². The number of likely N-dealkylation sites (N-methyl/N-ethyl adjacent to an activating group) is 1. The maximum absolute atomic E-state index is 12.6. The predicted molar refractivity (Wildman–Crippen MR) is 95.5 cm³/mol. The fraction of sp³-hybridized carbons (Fsp3) is 0.375. The molecule has 0 aliphatic carbocycles. The molecule has 1 aromatic heterocycles. The van der Waals surface area contributed by atoms with Crippen LogP contribution in [0.4, 0.5) is 0 Å². The smallest absolute Gasteiger partial charge is 0.240 e. The molecule has 0 bridgehead atoms. The zero-order valence-corrected chi connectivity index (χ0v) is 15.8. The summed E-state index contributed by atoms with van der Waals surface area (Å²) in [6.45, 7) is 0.278. The molecular formula is C16H22N2O4S2. The summed E-state index contributed by atoms with van der Waals surface area (Å²) in [7, 11) is 3.18. The molecule has 2 rings (SSSR count). The van der Waals surface area contributed by atoms with Gasteiger partial charge in [0.05, 0.1) is 19.1 Å². The fourth-order valence-electron chi connectivity index (χ4n) is 2.32. The van der Waals surface area contributed by atoms with Crippen molar-refractivity contribution in [2.24, 2.45) is 0 Å². The molecule has 0 saturated carbocycles. The molecule has 0 aliphatic rings. The van der Waals surface area contributed by atoms with E-state index in [-0.39, 0.29) is 17.5 Å². The van der Waals surface area contributed by atoms with Crippen LogP contribution >= 0.6 is 11.3 Å². The molecule has 24 heavy (non-hydrogen) atoms. The molecule has 132 valence electrons. The van der Waals surface area contributed by atoms with E-state index in [1.54, 1.807) is 17.4 Å². The van der Waals surface area contributed by atoms with E-state index in [2.05, 4.69) is 4.72 Å². The van der Waals surface area contributed by atoms with Crippen molar-refractivity contribution >= 4 is 21.4 Å². The van der Waals surface area contributed by atoms with Gasteiger partial charge in [-0.1, -0.05) is 0 Å². The van der Waals surface area contributed by atoms with E-state index >= 15 is 0 Å². The van der Waals surface area contributed by atoms with Crippen molar-refractivity contribution in [1.29, 1.82) is 0 Å². The molecule has 2 aromatic rings. The number of benzene rings is 1. The molecule has 0 spiro atoms. The Hall–Kier alpha value is -1.61. The number of nitrogens with zero attached hydrogens (tertiary/aromatic N) is 1. The van der Waals surface area contributed by atoms with Gasteiger partial charge in [-0.2, -0.15) is 11.3 Å². The first-order valence-corrected chi connectivity index (χ1v) is 9.72. The molecule has 6 nitrogen and oxygen atoms in total. The summed E-state index contributed by atoms with van der Waals surface area (Å²) >= 11 is 1.59. The molecule has 0 amide bonds. The third kappa shape index (κ3) is 4.27. The number of methoxy groups -OCH3 is 2. The number of ether oxygens (including phenoxy) is 2. The van der Waals surface area contributed by atoms with Crippen molar-refractivity contribution in [2.75, 3.05) is 34.9 Å². The van der Waals surface area contributed by atoms with Crippen LogP contribution in [0.1, 0.15) is 11.6 Å². The van der Waals surface area contributed by atoms with Gasteiger partial charge >= 0.3 is 0 Å². The van der Waals surface area contributed by atoms with Crippen molar-refractivity contribution in [3.63, 3.8) is 0 Å². The molecule has 0 aliphatic heterocycles. The van der Waals surface area contributed by atoms with E-state index in [4.69, 9.17) is 9.47 Å². The lowest BCUT2D eigenvalue weighted by molar-refractivity contribution is 0.300. The molecule has 0 fully saturated rings. The highest BCUT2D eigenvalue weighted by Crippen LogP contribution is 2.29. The van der Waals surface area contributed by atoms with Crippen LogP contribution in [0.25, 0.3) is 0 Å². The zero-order valence-electron chi connectivity index (χ0n) is 14.1. The Balaban J connectivity index is 2.19. The maximum atomic E-state index is 12.6. The van der Waals surface area contributed by atoms with Crippen LogP contribution in [0.15, 0.2) is 39.9 Å². The maximum Gasteiger partial charge on any atom is 0.240 e. The van der Waals surface area contributed by atoms with Crippen LogP contribution < -0.4 is 14.2 Å². The third-order valence-electron chi connectivity index (χ3n) is 3.68. The Morgan fingerprint density at radius 2 is 1.88 bits per heavy atom. The second-order valence-corrected chi connectivity index (χ2v) is 7.95. The van der Waals surface area contributed by atoms with E-state index in [9.17, 15) is 8.42 Å². The topological polar surface area (TPSA) is 67.9 Å². The van der Waals surface area contributed by atoms with Gasteiger partial charge in [0.25, 0.3) is 0 Å². The first kappa shape index (κ1) is 18.7.